The van der Waals surface area contributed by atoms with Crippen molar-refractivity contribution in [3.63, 3.8) is 0 Å². The third kappa shape index (κ3) is 7.45. The molecule has 0 saturated heterocycles. The summed E-state index contributed by atoms with van der Waals surface area (Å²) in [6.45, 7) is 10.6. The van der Waals surface area contributed by atoms with Crippen LogP contribution in [0.25, 0.3) is 0 Å². The average Bonchev–Trinajstić information content (AvgIpc) is 2.52. The number of amides is 1. The van der Waals surface area contributed by atoms with Crippen molar-refractivity contribution in [1.29, 1.82) is 0 Å². The summed E-state index contributed by atoms with van der Waals surface area (Å²) in [5, 5.41) is 22.5. The Morgan fingerprint density at radius 3 is 2.75 bits per heavy atom. The molecule has 0 radical (unpaired) electrons. The van der Waals surface area contributed by atoms with E-state index in [4.69, 9.17) is 0 Å². The Bertz CT molecular complexity index is 479. The maximum absolute atomic E-state index is 11.5. The smallest absolute Gasteiger partial charge is 0.222 e. The number of carbonyl (C=O) groups is 1. The summed E-state index contributed by atoms with van der Waals surface area (Å²) in [5.74, 6) is 0.632. The molecule has 0 bridgehead atoms. The number of allylic oxidation sites excluding steroid dienone is 3. The van der Waals surface area contributed by atoms with Crippen LogP contribution in [-0.2, 0) is 4.79 Å². The second-order valence-electron chi connectivity index (χ2n) is 7.19. The first-order valence-electron chi connectivity index (χ1n) is 9.00. The van der Waals surface area contributed by atoms with Crippen LogP contribution in [0.5, 0.6) is 0 Å². The van der Waals surface area contributed by atoms with Crippen LogP contribution >= 0.6 is 0 Å². The maximum Gasteiger partial charge on any atom is 0.222 e. The van der Waals surface area contributed by atoms with Gasteiger partial charge in [-0.05, 0) is 42.7 Å². The van der Waals surface area contributed by atoms with E-state index in [1.807, 2.05) is 26.0 Å². The van der Waals surface area contributed by atoms with Crippen LogP contribution in [0, 0.1) is 11.8 Å². The zero-order chi connectivity index (χ0) is 18.1. The lowest BCUT2D eigenvalue weighted by Crippen LogP contribution is -2.31. The van der Waals surface area contributed by atoms with Crippen LogP contribution in [0.3, 0.4) is 0 Å². The van der Waals surface area contributed by atoms with E-state index in [-0.39, 0.29) is 11.8 Å². The van der Waals surface area contributed by atoms with Gasteiger partial charge in [0, 0.05) is 18.9 Å². The minimum absolute atomic E-state index is 0.0414. The quantitative estimate of drug-likeness (QED) is 0.597. The number of hydrogen-bond acceptors (Lipinski definition) is 3. The van der Waals surface area contributed by atoms with Gasteiger partial charge in [0.15, 0.2) is 0 Å². The predicted molar refractivity (Wildman–Crippen MR) is 98.5 cm³/mol. The molecule has 136 valence electrons. The Hall–Kier alpha value is -1.39. The number of nitrogens with one attached hydrogen (secondary N) is 1. The molecule has 3 N–H and O–H groups in total. The first-order valence-corrected chi connectivity index (χ1v) is 9.00. The summed E-state index contributed by atoms with van der Waals surface area (Å²) in [7, 11) is 0. The van der Waals surface area contributed by atoms with Crippen molar-refractivity contribution in [1.82, 2.24) is 5.32 Å². The first kappa shape index (κ1) is 20.7. The van der Waals surface area contributed by atoms with Crippen molar-refractivity contribution in [2.24, 2.45) is 11.8 Å². The number of aliphatic hydroxyl groups excluding tert-OH is 2. The molecule has 1 aliphatic rings. The van der Waals surface area contributed by atoms with Gasteiger partial charge in [-0.3, -0.25) is 4.79 Å². The van der Waals surface area contributed by atoms with Crippen molar-refractivity contribution >= 4 is 5.91 Å². The molecule has 0 aromatic heterocycles. The third-order valence-electron chi connectivity index (χ3n) is 4.42. The van der Waals surface area contributed by atoms with Gasteiger partial charge >= 0.3 is 0 Å². The second kappa shape index (κ2) is 10.5. The van der Waals surface area contributed by atoms with Crippen molar-refractivity contribution in [2.75, 3.05) is 6.54 Å². The molecular formula is C20H33NO3. The first-order chi connectivity index (χ1) is 11.3. The predicted octanol–water partition coefficient (Wildman–Crippen LogP) is 3.12. The molecule has 1 rings (SSSR count). The average molecular weight is 335 g/mol. The molecule has 0 aromatic carbocycles. The number of unbranched alkanes of at least 4 members (excludes halogenated alkanes) is 1. The van der Waals surface area contributed by atoms with E-state index < -0.39 is 12.2 Å². The van der Waals surface area contributed by atoms with Crippen LogP contribution in [0.15, 0.2) is 36.0 Å². The molecule has 0 unspecified atom stereocenters. The second-order valence-corrected chi connectivity index (χ2v) is 7.19. The molecule has 4 nitrogen and oxygen atoms in total. The van der Waals surface area contributed by atoms with Crippen LogP contribution in [-0.4, -0.2) is 34.9 Å². The normalized spacial score (nSPS) is 24.8. The van der Waals surface area contributed by atoms with Crippen LogP contribution in [0.1, 0.15) is 52.9 Å². The molecule has 1 amide bonds. The largest absolute Gasteiger partial charge is 0.393 e. The molecule has 1 fully saturated rings. The maximum atomic E-state index is 11.5. The highest BCUT2D eigenvalue weighted by molar-refractivity contribution is 5.77. The molecular weight excluding hydrogens is 302 g/mol. The molecule has 1 saturated carbocycles. The lowest BCUT2D eigenvalue weighted by molar-refractivity contribution is -0.124. The Labute approximate surface area is 146 Å². The summed E-state index contributed by atoms with van der Waals surface area (Å²) < 4.78 is 0. The minimum atomic E-state index is -0.629. The molecule has 0 aromatic rings. The lowest BCUT2D eigenvalue weighted by atomic mass is 9.86. The summed E-state index contributed by atoms with van der Waals surface area (Å²) in [6.07, 6.45) is 8.99. The molecule has 24 heavy (non-hydrogen) atoms. The Morgan fingerprint density at radius 2 is 2.08 bits per heavy atom. The fraction of sp³-hybridized carbons (Fsp3) is 0.650. The SMILES string of the molecule is C=C1/C(=C\C=C\CCC[C@H](C)CNC(=O)C(C)C)C[C@@H](O)C[C@@H]1O. The van der Waals surface area contributed by atoms with Crippen LogP contribution in [0.2, 0.25) is 0 Å². The van der Waals surface area contributed by atoms with E-state index in [0.29, 0.717) is 18.8 Å². The summed E-state index contributed by atoms with van der Waals surface area (Å²) in [5.41, 5.74) is 1.65. The highest BCUT2D eigenvalue weighted by Crippen LogP contribution is 2.28. The Balaban J connectivity index is 2.24. The van der Waals surface area contributed by atoms with Gasteiger partial charge in [-0.15, -0.1) is 0 Å². The third-order valence-corrected chi connectivity index (χ3v) is 4.42. The van der Waals surface area contributed by atoms with Gasteiger partial charge in [-0.1, -0.05) is 45.6 Å². The van der Waals surface area contributed by atoms with Gasteiger partial charge in [0.1, 0.15) is 0 Å². The van der Waals surface area contributed by atoms with Gasteiger partial charge in [0.25, 0.3) is 0 Å². The van der Waals surface area contributed by atoms with Gasteiger partial charge in [-0.25, -0.2) is 0 Å². The van der Waals surface area contributed by atoms with Crippen molar-refractivity contribution in [2.45, 2.75) is 65.1 Å². The van der Waals surface area contributed by atoms with Crippen LogP contribution in [0.4, 0.5) is 0 Å². The van der Waals surface area contributed by atoms with E-state index in [9.17, 15) is 15.0 Å². The van der Waals surface area contributed by atoms with Gasteiger partial charge in [-0.2, -0.15) is 0 Å². The van der Waals surface area contributed by atoms with E-state index in [1.54, 1.807) is 0 Å². The molecule has 0 spiro atoms. The van der Waals surface area contributed by atoms with E-state index in [2.05, 4.69) is 24.9 Å². The highest BCUT2D eigenvalue weighted by atomic mass is 16.3. The fourth-order valence-corrected chi connectivity index (χ4v) is 2.70. The standard InChI is InChI=1S/C20H33NO3/c1-14(2)20(24)21-13-15(3)9-7-5-6-8-10-17-11-18(22)12-19(23)16(17)4/h6,8,10,14-15,18-19,22-23H,4-5,7,9,11-13H2,1-3H3,(H,21,24)/b8-6+,17-10-/t15-,18+,19-/m0/s1. The monoisotopic (exact) mass is 335 g/mol. The molecule has 0 heterocycles. The Morgan fingerprint density at radius 1 is 1.38 bits per heavy atom. The molecule has 0 aliphatic heterocycles. The van der Waals surface area contributed by atoms with Gasteiger partial charge < -0.3 is 15.5 Å². The number of carbonyl (C=O) groups excluding carboxylic acids is 1. The van der Waals surface area contributed by atoms with Crippen molar-refractivity contribution in [3.05, 3.63) is 36.0 Å². The highest BCUT2D eigenvalue weighted by Gasteiger charge is 2.24. The van der Waals surface area contributed by atoms with Crippen LogP contribution < -0.4 is 5.32 Å². The van der Waals surface area contributed by atoms with E-state index in [0.717, 1.165) is 37.0 Å². The van der Waals surface area contributed by atoms with Gasteiger partial charge in [0.05, 0.1) is 12.2 Å². The summed E-state index contributed by atoms with van der Waals surface area (Å²) in [6, 6.07) is 0. The molecule has 4 heteroatoms. The summed E-state index contributed by atoms with van der Waals surface area (Å²) >= 11 is 0. The van der Waals surface area contributed by atoms with E-state index in [1.165, 1.54) is 0 Å². The molecule has 3 atom stereocenters. The van der Waals surface area contributed by atoms with Crippen molar-refractivity contribution in [3.8, 4) is 0 Å². The topological polar surface area (TPSA) is 69.6 Å². The summed E-state index contributed by atoms with van der Waals surface area (Å²) in [4.78, 5) is 11.5. The molecule has 1 aliphatic carbocycles. The number of hydrogen-bond donors (Lipinski definition) is 3. The Kier molecular flexibility index (Phi) is 9.01. The lowest BCUT2D eigenvalue weighted by Gasteiger charge is -2.26. The zero-order valence-corrected chi connectivity index (χ0v) is 15.3. The number of rotatable bonds is 8. The minimum Gasteiger partial charge on any atom is -0.393 e. The van der Waals surface area contributed by atoms with Gasteiger partial charge in [0.2, 0.25) is 5.91 Å². The fourth-order valence-electron chi connectivity index (χ4n) is 2.70. The van der Waals surface area contributed by atoms with E-state index >= 15 is 0 Å². The number of aliphatic hydroxyl groups is 2. The van der Waals surface area contributed by atoms with Crippen molar-refractivity contribution < 1.29 is 15.0 Å². The zero-order valence-electron chi connectivity index (χ0n) is 15.3.